The Morgan fingerprint density at radius 3 is 2.68 bits per heavy atom. The zero-order valence-electron chi connectivity index (χ0n) is 11.3. The highest BCUT2D eigenvalue weighted by Gasteiger charge is 2.40. The average molecular weight is 387 g/mol. The first-order valence-corrected chi connectivity index (χ1v) is 8.88. The molecule has 2 bridgehead atoms. The van der Waals surface area contributed by atoms with E-state index in [1.165, 1.54) is 42.1 Å². The summed E-state index contributed by atoms with van der Waals surface area (Å²) < 4.78 is 2.35. The molecule has 1 N–H and O–H groups in total. The summed E-state index contributed by atoms with van der Waals surface area (Å²) in [6.07, 6.45) is 7.23. The summed E-state index contributed by atoms with van der Waals surface area (Å²) in [6, 6.07) is 7.01. The van der Waals surface area contributed by atoms with Gasteiger partial charge in [-0.1, -0.05) is 44.3 Å². The minimum atomic E-state index is 0.479. The minimum absolute atomic E-state index is 0.479. The van der Waals surface area contributed by atoms with Crippen LogP contribution in [0.1, 0.15) is 43.7 Å². The molecule has 1 aromatic rings. The highest BCUT2D eigenvalue weighted by atomic mass is 79.9. The van der Waals surface area contributed by atoms with Crippen LogP contribution in [0.2, 0.25) is 0 Å². The molecule has 2 saturated carbocycles. The Bertz CT molecular complexity index is 460. The minimum Gasteiger partial charge on any atom is -0.313 e. The predicted octanol–water partition coefficient (Wildman–Crippen LogP) is 5.30. The zero-order valence-corrected chi connectivity index (χ0v) is 14.5. The molecule has 0 saturated heterocycles. The maximum absolute atomic E-state index is 3.71. The zero-order chi connectivity index (χ0) is 13.4. The molecule has 0 aliphatic heterocycles. The summed E-state index contributed by atoms with van der Waals surface area (Å²) in [6.45, 7) is 0. The third kappa shape index (κ3) is 2.93. The predicted molar refractivity (Wildman–Crippen MR) is 87.2 cm³/mol. The van der Waals surface area contributed by atoms with Gasteiger partial charge in [0.1, 0.15) is 0 Å². The molecular formula is C16H21Br2N. The monoisotopic (exact) mass is 385 g/mol. The number of fused-ring (bicyclic) bond motifs is 2. The lowest BCUT2D eigenvalue weighted by molar-refractivity contribution is 0.284. The number of nitrogens with one attached hydrogen (secondary N) is 1. The Hall–Kier alpha value is 0.140. The van der Waals surface area contributed by atoms with Gasteiger partial charge in [-0.05, 0) is 68.2 Å². The lowest BCUT2D eigenvalue weighted by atomic mass is 9.83. The Morgan fingerprint density at radius 2 is 2.11 bits per heavy atom. The molecule has 2 aliphatic carbocycles. The average Bonchev–Trinajstić information content (AvgIpc) is 2.99. The van der Waals surface area contributed by atoms with E-state index in [0.717, 1.165) is 22.2 Å². The van der Waals surface area contributed by atoms with Gasteiger partial charge in [0.05, 0.1) is 0 Å². The van der Waals surface area contributed by atoms with Crippen LogP contribution in [0.25, 0.3) is 0 Å². The molecule has 1 aromatic carbocycles. The van der Waals surface area contributed by atoms with E-state index in [0.29, 0.717) is 6.04 Å². The highest BCUT2D eigenvalue weighted by Crippen LogP contribution is 2.51. The fourth-order valence-electron chi connectivity index (χ4n) is 4.15. The van der Waals surface area contributed by atoms with Crippen molar-refractivity contribution in [2.24, 2.45) is 17.8 Å². The molecule has 3 heteroatoms. The van der Waals surface area contributed by atoms with Crippen molar-refractivity contribution < 1.29 is 0 Å². The third-order valence-corrected chi connectivity index (χ3v) is 6.29. The van der Waals surface area contributed by atoms with E-state index in [1.54, 1.807) is 0 Å². The molecule has 0 amide bonds. The van der Waals surface area contributed by atoms with E-state index in [9.17, 15) is 0 Å². The van der Waals surface area contributed by atoms with Crippen LogP contribution in [-0.4, -0.2) is 7.05 Å². The molecule has 0 heterocycles. The van der Waals surface area contributed by atoms with Crippen molar-refractivity contribution in [1.82, 2.24) is 5.32 Å². The maximum Gasteiger partial charge on any atom is 0.0331 e. The van der Waals surface area contributed by atoms with Crippen molar-refractivity contribution in [3.63, 3.8) is 0 Å². The third-order valence-electron chi connectivity index (χ3n) is 5.11. The smallest absolute Gasteiger partial charge is 0.0331 e. The molecular weight excluding hydrogens is 366 g/mol. The van der Waals surface area contributed by atoms with E-state index in [1.807, 2.05) is 0 Å². The van der Waals surface area contributed by atoms with Crippen LogP contribution in [0.5, 0.6) is 0 Å². The van der Waals surface area contributed by atoms with E-state index in [4.69, 9.17) is 0 Å². The summed E-state index contributed by atoms with van der Waals surface area (Å²) >= 11 is 7.24. The standard InChI is InChI=1S/C16H21Br2N/c1-19-16(14-5-4-13(17)9-15(14)18)8-12-7-10-2-3-11(12)6-10/h4-5,9-12,16,19H,2-3,6-8H2,1H3. The first kappa shape index (κ1) is 14.1. The van der Waals surface area contributed by atoms with Crippen molar-refractivity contribution in [1.29, 1.82) is 0 Å². The van der Waals surface area contributed by atoms with Gasteiger partial charge >= 0.3 is 0 Å². The van der Waals surface area contributed by atoms with E-state index in [-0.39, 0.29) is 0 Å². The summed E-state index contributed by atoms with van der Waals surface area (Å²) in [5.74, 6) is 2.99. The van der Waals surface area contributed by atoms with Crippen LogP contribution in [0, 0.1) is 17.8 Å². The Kier molecular flexibility index (Phi) is 4.35. The lowest BCUT2D eigenvalue weighted by Crippen LogP contribution is -2.23. The van der Waals surface area contributed by atoms with Crippen molar-refractivity contribution in [3.05, 3.63) is 32.7 Å². The van der Waals surface area contributed by atoms with Crippen LogP contribution < -0.4 is 5.32 Å². The molecule has 2 aliphatic rings. The topological polar surface area (TPSA) is 12.0 Å². The van der Waals surface area contributed by atoms with Gasteiger partial charge in [0.25, 0.3) is 0 Å². The second kappa shape index (κ2) is 5.87. The van der Waals surface area contributed by atoms with Crippen molar-refractivity contribution >= 4 is 31.9 Å². The highest BCUT2D eigenvalue weighted by molar-refractivity contribution is 9.11. The van der Waals surface area contributed by atoms with E-state index >= 15 is 0 Å². The van der Waals surface area contributed by atoms with Crippen molar-refractivity contribution in [3.8, 4) is 0 Å². The molecule has 4 unspecified atom stereocenters. The van der Waals surface area contributed by atoms with Crippen molar-refractivity contribution in [2.75, 3.05) is 7.05 Å². The molecule has 19 heavy (non-hydrogen) atoms. The van der Waals surface area contributed by atoms with Gasteiger partial charge in [0, 0.05) is 15.0 Å². The van der Waals surface area contributed by atoms with Crippen LogP contribution in [0.3, 0.4) is 0 Å². The van der Waals surface area contributed by atoms with Gasteiger partial charge in [-0.15, -0.1) is 0 Å². The molecule has 0 aromatic heterocycles. The maximum atomic E-state index is 3.71. The van der Waals surface area contributed by atoms with Gasteiger partial charge in [0.15, 0.2) is 0 Å². The van der Waals surface area contributed by atoms with Gasteiger partial charge < -0.3 is 5.32 Å². The Balaban J connectivity index is 1.73. The molecule has 3 rings (SSSR count). The molecule has 1 nitrogen and oxygen atoms in total. The summed E-state index contributed by atoms with van der Waals surface area (Å²) in [4.78, 5) is 0. The van der Waals surface area contributed by atoms with Crippen LogP contribution in [0.4, 0.5) is 0 Å². The fraction of sp³-hybridized carbons (Fsp3) is 0.625. The summed E-state index contributed by atoms with van der Waals surface area (Å²) in [5.41, 5.74) is 1.40. The number of benzene rings is 1. The first-order valence-electron chi connectivity index (χ1n) is 7.29. The van der Waals surface area contributed by atoms with Crippen LogP contribution in [0.15, 0.2) is 27.1 Å². The Labute approximate surface area is 132 Å². The lowest BCUT2D eigenvalue weighted by Gasteiger charge is -2.27. The number of halogens is 2. The fourth-order valence-corrected chi connectivity index (χ4v) is 5.48. The number of rotatable bonds is 4. The normalized spacial score (nSPS) is 30.8. The number of hydrogen-bond acceptors (Lipinski definition) is 1. The molecule has 0 spiro atoms. The van der Waals surface area contributed by atoms with Crippen LogP contribution in [-0.2, 0) is 0 Å². The first-order chi connectivity index (χ1) is 9.17. The van der Waals surface area contributed by atoms with Gasteiger partial charge in [-0.3, -0.25) is 0 Å². The summed E-state index contributed by atoms with van der Waals surface area (Å²) in [7, 11) is 2.09. The molecule has 0 radical (unpaired) electrons. The number of hydrogen-bond donors (Lipinski definition) is 1. The van der Waals surface area contributed by atoms with Crippen molar-refractivity contribution in [2.45, 2.75) is 38.1 Å². The molecule has 2 fully saturated rings. The quantitative estimate of drug-likeness (QED) is 0.740. The molecule has 104 valence electrons. The Morgan fingerprint density at radius 1 is 1.26 bits per heavy atom. The van der Waals surface area contributed by atoms with Gasteiger partial charge in [0.2, 0.25) is 0 Å². The van der Waals surface area contributed by atoms with Gasteiger partial charge in [-0.2, -0.15) is 0 Å². The van der Waals surface area contributed by atoms with E-state index in [2.05, 4.69) is 62.4 Å². The SMILES string of the molecule is CNC(CC1CC2CCC1C2)c1ccc(Br)cc1Br. The van der Waals surface area contributed by atoms with E-state index < -0.39 is 0 Å². The summed E-state index contributed by atoms with van der Waals surface area (Å²) in [5, 5.41) is 3.52. The second-order valence-electron chi connectivity index (χ2n) is 6.18. The largest absolute Gasteiger partial charge is 0.313 e. The van der Waals surface area contributed by atoms with Crippen LogP contribution >= 0.6 is 31.9 Å². The second-order valence-corrected chi connectivity index (χ2v) is 7.95. The molecule has 4 atom stereocenters. The van der Waals surface area contributed by atoms with Gasteiger partial charge in [-0.25, -0.2) is 0 Å².